The molecule has 0 bridgehead atoms. The number of halogens is 1. The maximum Gasteiger partial charge on any atom is 0.179 e. The number of H-pyrrole nitrogens is 1. The molecule has 1 saturated heterocycles. The van der Waals surface area contributed by atoms with Gasteiger partial charge in [-0.1, -0.05) is 0 Å². The van der Waals surface area contributed by atoms with E-state index in [-0.39, 0.29) is 19.2 Å². The Labute approximate surface area is 190 Å². The minimum atomic E-state index is -0.519. The number of nitrogens with two attached hydrogens (primary N) is 1. The van der Waals surface area contributed by atoms with Crippen molar-refractivity contribution in [3.63, 3.8) is 0 Å². The fraction of sp³-hybridized carbons (Fsp3) is 0.368. The number of rotatable bonds is 6. The van der Waals surface area contributed by atoms with Crippen molar-refractivity contribution >= 4 is 54.1 Å². The van der Waals surface area contributed by atoms with Crippen LogP contribution in [0.4, 0.5) is 21.7 Å². The van der Waals surface area contributed by atoms with Crippen molar-refractivity contribution in [1.82, 2.24) is 15.0 Å². The number of aryl methyl sites for hydroxylation is 1. The number of fused-ring (bicyclic) bond motifs is 1. The van der Waals surface area contributed by atoms with E-state index in [0.717, 1.165) is 36.7 Å². The number of methoxy groups -OCH3 is 1. The zero-order valence-electron chi connectivity index (χ0n) is 17.4. The molecule has 0 spiro atoms. The third kappa shape index (κ3) is 4.70. The highest BCUT2D eigenvalue weighted by Gasteiger charge is 2.24. The number of anilines is 3. The van der Waals surface area contributed by atoms with Gasteiger partial charge in [-0.2, -0.15) is 13.5 Å². The Kier molecular flexibility index (Phi) is 7.23. The molecule has 9 nitrogen and oxygen atoms in total. The second kappa shape index (κ2) is 9.71. The number of benzene rings is 1. The molecule has 12 heteroatoms. The SMILES string of the molecule is COc1ccc(OSN(C)c2c(N)[nH]c3c(N4CCOCC4)nc(C)nc23)c(F)c1.S. The summed E-state index contributed by atoms with van der Waals surface area (Å²) >= 11 is 0.950. The fourth-order valence-corrected chi connectivity index (χ4v) is 3.88. The van der Waals surface area contributed by atoms with Crippen LogP contribution >= 0.6 is 25.7 Å². The van der Waals surface area contributed by atoms with Gasteiger partial charge in [-0.3, -0.25) is 4.31 Å². The molecule has 3 heterocycles. The summed E-state index contributed by atoms with van der Waals surface area (Å²) in [7, 11) is 3.25. The van der Waals surface area contributed by atoms with Crippen molar-refractivity contribution < 1.29 is 18.0 Å². The van der Waals surface area contributed by atoms with E-state index in [1.807, 2.05) is 6.92 Å². The second-order valence-electron chi connectivity index (χ2n) is 6.76. The van der Waals surface area contributed by atoms with Crippen molar-refractivity contribution in [3.8, 4) is 11.5 Å². The number of aromatic amines is 1. The van der Waals surface area contributed by atoms with Gasteiger partial charge in [-0.25, -0.2) is 14.4 Å². The van der Waals surface area contributed by atoms with E-state index >= 15 is 0 Å². The molecule has 0 aliphatic carbocycles. The Bertz CT molecular complexity index is 1060. The Morgan fingerprint density at radius 1 is 1.29 bits per heavy atom. The van der Waals surface area contributed by atoms with Gasteiger partial charge < -0.3 is 29.3 Å². The predicted octanol–water partition coefficient (Wildman–Crippen LogP) is 3.02. The summed E-state index contributed by atoms with van der Waals surface area (Å²) in [6.07, 6.45) is 0. The molecule has 0 atom stereocenters. The van der Waals surface area contributed by atoms with Crippen molar-refractivity contribution in [2.75, 3.05) is 55.4 Å². The summed E-state index contributed by atoms with van der Waals surface area (Å²) in [6.45, 7) is 4.61. The summed E-state index contributed by atoms with van der Waals surface area (Å²) in [4.78, 5) is 14.5. The molecule has 0 radical (unpaired) electrons. The Morgan fingerprint density at radius 3 is 2.71 bits per heavy atom. The number of nitrogens with one attached hydrogen (secondary N) is 1. The average Bonchev–Trinajstić information content (AvgIpc) is 3.08. The van der Waals surface area contributed by atoms with Gasteiger partial charge in [-0.15, -0.1) is 0 Å². The minimum absolute atomic E-state index is 0. The van der Waals surface area contributed by atoms with Crippen molar-refractivity contribution in [2.45, 2.75) is 6.92 Å². The van der Waals surface area contributed by atoms with Gasteiger partial charge in [0.2, 0.25) is 0 Å². The van der Waals surface area contributed by atoms with E-state index in [0.29, 0.717) is 41.8 Å². The van der Waals surface area contributed by atoms with Crippen LogP contribution in [0.3, 0.4) is 0 Å². The lowest BCUT2D eigenvalue weighted by Crippen LogP contribution is -2.37. The third-order valence-corrected chi connectivity index (χ3v) is 5.40. The van der Waals surface area contributed by atoms with Gasteiger partial charge in [0, 0.05) is 26.2 Å². The quantitative estimate of drug-likeness (QED) is 0.417. The molecule has 2 aromatic heterocycles. The number of aromatic nitrogens is 3. The maximum absolute atomic E-state index is 14.2. The predicted molar refractivity (Wildman–Crippen MR) is 126 cm³/mol. The summed E-state index contributed by atoms with van der Waals surface area (Å²) in [5, 5.41) is 0. The maximum atomic E-state index is 14.2. The zero-order valence-corrected chi connectivity index (χ0v) is 19.3. The largest absolute Gasteiger partial charge is 0.497 e. The third-order valence-electron chi connectivity index (χ3n) is 4.74. The average molecular weight is 469 g/mol. The first-order valence-electron chi connectivity index (χ1n) is 9.38. The molecule has 168 valence electrons. The highest BCUT2D eigenvalue weighted by molar-refractivity contribution is 7.96. The molecular formula is C19H25FN6O3S2. The molecule has 1 aliphatic heterocycles. The summed E-state index contributed by atoms with van der Waals surface area (Å²) in [5.74, 6) is 1.83. The molecule has 3 aromatic rings. The smallest absolute Gasteiger partial charge is 0.179 e. The number of hydrogen-bond donors (Lipinski definition) is 2. The molecule has 4 rings (SSSR count). The first-order valence-corrected chi connectivity index (χ1v) is 10.1. The van der Waals surface area contributed by atoms with Gasteiger partial charge >= 0.3 is 0 Å². The standard InChI is InChI=1S/C19H23FN6O3S.H2S/c1-11-22-15-16(19(23-11)26-6-8-28-9-7-26)24-18(21)17(15)25(2)30-29-14-5-4-12(27-3)10-13(14)20;/h4-5,10,24H,6-9,21H2,1-3H3;1H2. The lowest BCUT2D eigenvalue weighted by Gasteiger charge is -2.28. The number of nitrogens with zero attached hydrogens (tertiary/aromatic N) is 4. The zero-order chi connectivity index (χ0) is 21.3. The first-order chi connectivity index (χ1) is 14.5. The molecule has 0 saturated carbocycles. The second-order valence-corrected chi connectivity index (χ2v) is 7.62. The minimum Gasteiger partial charge on any atom is -0.497 e. The van der Waals surface area contributed by atoms with E-state index in [9.17, 15) is 4.39 Å². The normalized spacial score (nSPS) is 13.7. The van der Waals surface area contributed by atoms with E-state index in [1.54, 1.807) is 17.4 Å². The summed E-state index contributed by atoms with van der Waals surface area (Å²) < 4.78 is 31.9. The molecule has 1 aliphatic rings. The Morgan fingerprint density at radius 2 is 2.03 bits per heavy atom. The van der Waals surface area contributed by atoms with Crippen LogP contribution in [0.2, 0.25) is 0 Å². The van der Waals surface area contributed by atoms with Crippen LogP contribution < -0.4 is 23.9 Å². The van der Waals surface area contributed by atoms with Gasteiger partial charge in [0.15, 0.2) is 29.6 Å². The highest BCUT2D eigenvalue weighted by atomic mass is 32.2. The van der Waals surface area contributed by atoms with E-state index in [2.05, 4.69) is 19.9 Å². The monoisotopic (exact) mass is 468 g/mol. The van der Waals surface area contributed by atoms with Gasteiger partial charge in [0.25, 0.3) is 0 Å². The van der Waals surface area contributed by atoms with Gasteiger partial charge in [0.05, 0.1) is 20.3 Å². The molecule has 31 heavy (non-hydrogen) atoms. The molecule has 1 aromatic carbocycles. The van der Waals surface area contributed by atoms with Gasteiger partial charge in [-0.05, 0) is 19.1 Å². The van der Waals surface area contributed by atoms with Crippen LogP contribution in [-0.2, 0) is 4.74 Å². The first kappa shape index (κ1) is 23.1. The number of ether oxygens (including phenoxy) is 2. The Hall–Kier alpha value is -2.57. The van der Waals surface area contributed by atoms with Crippen molar-refractivity contribution in [3.05, 3.63) is 29.8 Å². The molecule has 0 amide bonds. The number of hydrogen-bond acceptors (Lipinski definition) is 9. The van der Waals surface area contributed by atoms with E-state index < -0.39 is 5.82 Å². The fourth-order valence-electron chi connectivity index (χ4n) is 3.30. The van der Waals surface area contributed by atoms with Crippen molar-refractivity contribution in [1.29, 1.82) is 0 Å². The van der Waals surface area contributed by atoms with Crippen LogP contribution in [0.25, 0.3) is 11.0 Å². The van der Waals surface area contributed by atoms with Gasteiger partial charge in [0.1, 0.15) is 34.1 Å². The summed E-state index contributed by atoms with van der Waals surface area (Å²) in [6, 6.07) is 4.40. The lowest BCUT2D eigenvalue weighted by molar-refractivity contribution is 0.122. The van der Waals surface area contributed by atoms with Crippen LogP contribution in [-0.4, -0.2) is 55.4 Å². The molecule has 0 unspecified atom stereocenters. The molecule has 1 fully saturated rings. The van der Waals surface area contributed by atoms with E-state index in [1.165, 1.54) is 19.2 Å². The number of morpholine rings is 1. The number of nitrogen functional groups attached to an aromatic ring is 1. The van der Waals surface area contributed by atoms with Crippen LogP contribution in [0.5, 0.6) is 11.5 Å². The van der Waals surface area contributed by atoms with Crippen molar-refractivity contribution in [2.24, 2.45) is 0 Å². The molecular weight excluding hydrogens is 443 g/mol. The highest BCUT2D eigenvalue weighted by Crippen LogP contribution is 2.38. The molecule has 3 N–H and O–H groups in total. The summed E-state index contributed by atoms with van der Waals surface area (Å²) in [5.41, 5.74) is 8.34. The Balaban J connectivity index is 0.00000272. The van der Waals surface area contributed by atoms with Crippen LogP contribution in [0.1, 0.15) is 5.82 Å². The van der Waals surface area contributed by atoms with Crippen LogP contribution in [0, 0.1) is 12.7 Å². The van der Waals surface area contributed by atoms with E-state index in [4.69, 9.17) is 19.4 Å². The topological polar surface area (TPSA) is 102 Å². The van der Waals surface area contributed by atoms with Crippen LogP contribution in [0.15, 0.2) is 18.2 Å². The lowest BCUT2D eigenvalue weighted by atomic mass is 10.3.